The lowest BCUT2D eigenvalue weighted by atomic mass is 10.1. The van der Waals surface area contributed by atoms with Crippen molar-refractivity contribution in [1.82, 2.24) is 4.98 Å². The van der Waals surface area contributed by atoms with Gasteiger partial charge in [-0.05, 0) is 25.0 Å². The van der Waals surface area contributed by atoms with E-state index in [0.29, 0.717) is 5.75 Å². The first-order valence-electron chi connectivity index (χ1n) is 6.50. The van der Waals surface area contributed by atoms with Crippen molar-refractivity contribution in [3.63, 3.8) is 0 Å². The predicted octanol–water partition coefficient (Wildman–Crippen LogP) is 3.24. The molecule has 0 amide bonds. The molecule has 0 saturated heterocycles. The van der Waals surface area contributed by atoms with Crippen molar-refractivity contribution >= 4 is 21.0 Å². The predicted molar refractivity (Wildman–Crippen MR) is 77.0 cm³/mol. The van der Waals surface area contributed by atoms with Crippen LogP contribution in [0.1, 0.15) is 31.9 Å². The zero-order valence-corrected chi connectivity index (χ0v) is 12.1. The fourth-order valence-corrected chi connectivity index (χ4v) is 2.64. The molecule has 0 fully saturated rings. The number of hydrogen-bond acceptors (Lipinski definition) is 3. The quantitative estimate of drug-likeness (QED) is 0.653. The number of benzene rings is 1. The molecule has 2 rings (SSSR count). The van der Waals surface area contributed by atoms with Gasteiger partial charge in [0.1, 0.15) is 0 Å². The van der Waals surface area contributed by atoms with E-state index in [1.165, 1.54) is 0 Å². The molecule has 1 aromatic heterocycles. The zero-order valence-electron chi connectivity index (χ0n) is 11.3. The minimum Gasteiger partial charge on any atom is -0.380 e. The van der Waals surface area contributed by atoms with Crippen LogP contribution in [-0.4, -0.2) is 19.7 Å². The van der Waals surface area contributed by atoms with Crippen LogP contribution in [0.2, 0.25) is 0 Å². The molecule has 2 aromatic rings. The van der Waals surface area contributed by atoms with E-state index in [0.717, 1.165) is 48.5 Å². The van der Waals surface area contributed by atoms with Gasteiger partial charge in [0.05, 0.1) is 11.9 Å². The maximum Gasteiger partial charge on any atom is 0.306 e. The Morgan fingerprint density at radius 2 is 1.95 bits per heavy atom. The third-order valence-electron chi connectivity index (χ3n) is 3.00. The third-order valence-corrected chi connectivity index (χ3v) is 3.47. The number of rotatable bonds is 6. The molecule has 0 radical (unpaired) electrons. The minimum absolute atomic E-state index is 0.453. The van der Waals surface area contributed by atoms with Gasteiger partial charge in [0.15, 0.2) is 5.75 Å². The number of hydrogen-bond donors (Lipinski definition) is 1. The summed E-state index contributed by atoms with van der Waals surface area (Å²) in [5.41, 5.74) is 1.77. The number of nitrogens with one attached hydrogen (secondary N) is 1. The van der Waals surface area contributed by atoms with Crippen molar-refractivity contribution < 1.29 is 12.6 Å². The second-order valence-electron chi connectivity index (χ2n) is 4.72. The van der Waals surface area contributed by atoms with Gasteiger partial charge in [-0.3, -0.25) is 0 Å². The largest absolute Gasteiger partial charge is 0.380 e. The van der Waals surface area contributed by atoms with E-state index in [4.69, 9.17) is 4.18 Å². The summed E-state index contributed by atoms with van der Waals surface area (Å²) in [6.07, 6.45) is 5.14. The molecule has 0 spiro atoms. The molecule has 19 heavy (non-hydrogen) atoms. The smallest absolute Gasteiger partial charge is 0.306 e. The van der Waals surface area contributed by atoms with Gasteiger partial charge in [-0.2, -0.15) is 8.42 Å². The summed E-state index contributed by atoms with van der Waals surface area (Å²) < 4.78 is 27.9. The van der Waals surface area contributed by atoms with Gasteiger partial charge in [0.25, 0.3) is 0 Å². The fraction of sp³-hybridized carbons (Fsp3) is 0.429. The van der Waals surface area contributed by atoms with Crippen LogP contribution in [0.5, 0.6) is 5.75 Å². The Morgan fingerprint density at radius 1 is 1.21 bits per heavy atom. The molecule has 4 nitrogen and oxygen atoms in total. The molecule has 0 unspecified atom stereocenters. The van der Waals surface area contributed by atoms with Crippen LogP contribution >= 0.6 is 0 Å². The van der Waals surface area contributed by atoms with E-state index >= 15 is 0 Å². The lowest BCUT2D eigenvalue weighted by Crippen LogP contribution is -2.07. The lowest BCUT2D eigenvalue weighted by molar-refractivity contribution is 0.491. The van der Waals surface area contributed by atoms with E-state index in [9.17, 15) is 8.42 Å². The summed E-state index contributed by atoms with van der Waals surface area (Å²) in [7, 11) is -3.51. The molecule has 0 atom stereocenters. The summed E-state index contributed by atoms with van der Waals surface area (Å²) in [6, 6.07) is 7.59. The van der Waals surface area contributed by atoms with Crippen molar-refractivity contribution in [3.05, 3.63) is 30.0 Å². The molecule has 1 N–H and O–H groups in total. The highest BCUT2D eigenvalue weighted by molar-refractivity contribution is 7.86. The van der Waals surface area contributed by atoms with Crippen LogP contribution in [0.4, 0.5) is 0 Å². The fourth-order valence-electron chi connectivity index (χ4n) is 2.15. The summed E-state index contributed by atoms with van der Waals surface area (Å²) in [4.78, 5) is 3.26. The van der Waals surface area contributed by atoms with Crippen LogP contribution in [-0.2, 0) is 16.5 Å². The number of aryl methyl sites for hydroxylation is 1. The van der Waals surface area contributed by atoms with Crippen molar-refractivity contribution in [3.8, 4) is 5.75 Å². The van der Waals surface area contributed by atoms with Crippen molar-refractivity contribution in [2.45, 2.75) is 32.6 Å². The number of para-hydroxylation sites is 1. The summed E-state index contributed by atoms with van der Waals surface area (Å²) >= 11 is 0. The number of aromatic nitrogens is 1. The highest BCUT2D eigenvalue weighted by Crippen LogP contribution is 2.32. The molecule has 104 valence electrons. The maximum atomic E-state index is 11.4. The van der Waals surface area contributed by atoms with E-state index in [1.807, 2.05) is 24.3 Å². The second kappa shape index (κ2) is 5.65. The van der Waals surface area contributed by atoms with Crippen LogP contribution in [0.15, 0.2) is 24.3 Å². The zero-order chi connectivity index (χ0) is 13.9. The summed E-state index contributed by atoms with van der Waals surface area (Å²) in [6.45, 7) is 2.14. The van der Waals surface area contributed by atoms with Gasteiger partial charge in [-0.1, -0.05) is 31.9 Å². The number of fused-ring (bicyclic) bond motifs is 1. The monoisotopic (exact) mass is 281 g/mol. The lowest BCUT2D eigenvalue weighted by Gasteiger charge is -2.05. The Labute approximate surface area is 113 Å². The van der Waals surface area contributed by atoms with Crippen LogP contribution in [0.25, 0.3) is 10.9 Å². The third kappa shape index (κ3) is 3.50. The van der Waals surface area contributed by atoms with Gasteiger partial charge >= 0.3 is 10.1 Å². The number of aromatic amines is 1. The molecule has 1 heterocycles. The van der Waals surface area contributed by atoms with Crippen molar-refractivity contribution in [1.29, 1.82) is 0 Å². The van der Waals surface area contributed by atoms with Crippen LogP contribution in [0, 0.1) is 0 Å². The van der Waals surface area contributed by atoms with Crippen molar-refractivity contribution in [2.24, 2.45) is 0 Å². The van der Waals surface area contributed by atoms with Crippen molar-refractivity contribution in [2.75, 3.05) is 6.26 Å². The molecule has 0 aliphatic heterocycles. The summed E-state index contributed by atoms with van der Waals surface area (Å²) in [5.74, 6) is 0.453. The number of unbranched alkanes of at least 4 members (excludes halogenated alkanes) is 2. The first-order chi connectivity index (χ1) is 9.01. The molecule has 5 heteroatoms. The van der Waals surface area contributed by atoms with Gasteiger partial charge in [-0.25, -0.2) is 0 Å². The van der Waals surface area contributed by atoms with Gasteiger partial charge < -0.3 is 9.17 Å². The van der Waals surface area contributed by atoms with Gasteiger partial charge in [0.2, 0.25) is 0 Å². The molecule has 0 saturated carbocycles. The SMILES string of the molecule is CCCCCc1[nH]c2ccccc2c1OS(C)(=O)=O. The van der Waals surface area contributed by atoms with Crippen LogP contribution < -0.4 is 4.18 Å². The molecule has 0 aliphatic carbocycles. The topological polar surface area (TPSA) is 59.2 Å². The number of H-pyrrole nitrogens is 1. The molecular weight excluding hydrogens is 262 g/mol. The normalized spacial score (nSPS) is 11.9. The highest BCUT2D eigenvalue weighted by atomic mass is 32.2. The molecule has 1 aromatic carbocycles. The average Bonchev–Trinajstić information content (AvgIpc) is 2.66. The Bertz CT molecular complexity index is 658. The van der Waals surface area contributed by atoms with E-state index in [2.05, 4.69) is 11.9 Å². The minimum atomic E-state index is -3.51. The Kier molecular flexibility index (Phi) is 4.14. The average molecular weight is 281 g/mol. The first kappa shape index (κ1) is 13.9. The van der Waals surface area contributed by atoms with Gasteiger partial charge in [0, 0.05) is 10.9 Å². The molecule has 0 bridgehead atoms. The highest BCUT2D eigenvalue weighted by Gasteiger charge is 2.16. The van der Waals surface area contributed by atoms with E-state index < -0.39 is 10.1 Å². The second-order valence-corrected chi connectivity index (χ2v) is 6.30. The Balaban J connectivity index is 2.40. The molecule has 0 aliphatic rings. The van der Waals surface area contributed by atoms with E-state index in [-0.39, 0.29) is 0 Å². The standard InChI is InChI=1S/C14H19NO3S/c1-3-4-5-10-13-14(18-19(2,16)17)11-8-6-7-9-12(11)15-13/h6-9,15H,3-5,10H2,1-2H3. The Morgan fingerprint density at radius 3 is 2.63 bits per heavy atom. The Hall–Kier alpha value is -1.49. The van der Waals surface area contributed by atoms with Gasteiger partial charge in [-0.15, -0.1) is 0 Å². The molecular formula is C14H19NO3S. The maximum absolute atomic E-state index is 11.4. The summed E-state index contributed by atoms with van der Waals surface area (Å²) in [5, 5.41) is 0.819. The first-order valence-corrected chi connectivity index (χ1v) is 8.32. The van der Waals surface area contributed by atoms with E-state index in [1.54, 1.807) is 0 Å². The van der Waals surface area contributed by atoms with Crippen LogP contribution in [0.3, 0.4) is 0 Å².